The van der Waals surface area contributed by atoms with Crippen LogP contribution in [0.5, 0.6) is 0 Å². The highest BCUT2D eigenvalue weighted by atomic mass is 31.8. The van der Waals surface area contributed by atoms with Gasteiger partial charge in [-0.1, -0.05) is 0 Å². The first-order valence-corrected chi connectivity index (χ1v) is 12.1. The molecule has 0 aliphatic carbocycles. The highest BCUT2D eigenvalue weighted by Crippen LogP contribution is 2.08. The Morgan fingerprint density at radius 1 is 1.00 bits per heavy atom. The van der Waals surface area contributed by atoms with Gasteiger partial charge in [-0.2, -0.15) is 6.57 Å². The van der Waals surface area contributed by atoms with E-state index in [1.54, 1.807) is 0 Å². The minimum absolute atomic E-state index is 0.796. The predicted octanol–water partition coefficient (Wildman–Crippen LogP) is -2.69. The molecular formula is H9PSi3. The van der Waals surface area contributed by atoms with Gasteiger partial charge < -0.3 is 0 Å². The van der Waals surface area contributed by atoms with E-state index in [0.29, 0.717) is 0 Å². The van der Waals surface area contributed by atoms with Crippen molar-refractivity contribution in [2.45, 2.75) is 0 Å². The second-order valence-electron chi connectivity index (χ2n) is 1.34. The Labute approximate surface area is 36.9 Å². The van der Waals surface area contributed by atoms with Crippen LogP contribution in [-0.2, 0) is 0 Å². The average molecular weight is 124 g/mol. The topological polar surface area (TPSA) is 0 Å². The van der Waals surface area contributed by atoms with Gasteiger partial charge in [0, 0.05) is 29.7 Å². The third kappa shape index (κ3) is 11.4. The molecule has 0 N–H and O–H groups in total. The zero-order valence-electron chi connectivity index (χ0n) is 3.45. The molecule has 0 saturated carbocycles. The summed E-state index contributed by atoms with van der Waals surface area (Å²) in [6.45, 7) is 0.796. The predicted molar refractivity (Wildman–Crippen MR) is 36.7 cm³/mol. The molecule has 0 bridgehead atoms. The maximum absolute atomic E-state index is 1.54. The number of hydrogen-bond acceptors (Lipinski definition) is 0. The van der Waals surface area contributed by atoms with Crippen LogP contribution in [0.25, 0.3) is 0 Å². The van der Waals surface area contributed by atoms with E-state index in [-0.39, 0.29) is 0 Å². The van der Waals surface area contributed by atoms with Gasteiger partial charge in [0.1, 0.15) is 0 Å². The summed E-state index contributed by atoms with van der Waals surface area (Å²) in [5.74, 6) is 0. The van der Waals surface area contributed by atoms with Crippen LogP contribution in [0, 0.1) is 0 Å². The van der Waals surface area contributed by atoms with Gasteiger partial charge in [-0.25, -0.2) is 0 Å². The minimum Gasteiger partial charge on any atom is -0.168 e. The summed E-state index contributed by atoms with van der Waals surface area (Å²) >= 11 is 0. The smallest absolute Gasteiger partial charge is 0.0218 e. The normalized spacial score (nSPS) is 18.0. The summed E-state index contributed by atoms with van der Waals surface area (Å²) in [7, 11) is 4.61. The molecule has 0 nitrogen and oxygen atoms in total. The van der Waals surface area contributed by atoms with Gasteiger partial charge in [0.2, 0.25) is 0 Å². The zero-order valence-corrected chi connectivity index (χ0v) is 10.3. The van der Waals surface area contributed by atoms with E-state index in [4.69, 9.17) is 0 Å². The van der Waals surface area contributed by atoms with Crippen molar-refractivity contribution in [2.75, 3.05) is 0 Å². The van der Waals surface area contributed by atoms with Crippen LogP contribution in [0.1, 0.15) is 0 Å². The highest BCUT2D eigenvalue weighted by Gasteiger charge is 1.66. The SMILES string of the molecule is [SiH3]P([SiH3])[SiH3]. The monoisotopic (exact) mass is 124 g/mol. The Morgan fingerprint density at radius 2 is 1.00 bits per heavy atom. The molecule has 0 radical (unpaired) electrons. The van der Waals surface area contributed by atoms with Crippen LogP contribution in [0.2, 0.25) is 0 Å². The first-order valence-electron chi connectivity index (χ1n) is 1.34. The lowest BCUT2D eigenvalue weighted by molar-refractivity contribution is 4.51. The maximum Gasteiger partial charge on any atom is 0.0218 e. The second kappa shape index (κ2) is 2.33. The quantitative estimate of drug-likeness (QED) is 0.244. The number of rotatable bonds is 0. The summed E-state index contributed by atoms with van der Waals surface area (Å²) in [5, 5.41) is 0. The fourth-order valence-corrected chi connectivity index (χ4v) is 0. The van der Waals surface area contributed by atoms with E-state index in [9.17, 15) is 0 Å². The lowest BCUT2D eigenvalue weighted by Crippen LogP contribution is -1.60. The van der Waals surface area contributed by atoms with E-state index in [1.165, 1.54) is 29.7 Å². The molecule has 0 unspecified atom stereocenters. The lowest BCUT2D eigenvalue weighted by Gasteiger charge is -1.81. The van der Waals surface area contributed by atoms with Crippen molar-refractivity contribution in [3.8, 4) is 0 Å². The van der Waals surface area contributed by atoms with Gasteiger partial charge in [-0.3, -0.25) is 0 Å². The molecule has 0 spiro atoms. The summed E-state index contributed by atoms with van der Waals surface area (Å²) in [6.07, 6.45) is 0. The second-order valence-corrected chi connectivity index (χ2v) is 36.2. The molecule has 0 rings (SSSR count). The third-order valence-electron chi connectivity index (χ3n) is 0. The molecule has 0 saturated heterocycles. The van der Waals surface area contributed by atoms with Crippen LogP contribution in [0.4, 0.5) is 0 Å². The van der Waals surface area contributed by atoms with E-state index in [2.05, 4.69) is 0 Å². The Kier molecular flexibility index (Phi) is 2.95. The van der Waals surface area contributed by atoms with E-state index in [1.807, 2.05) is 0 Å². The van der Waals surface area contributed by atoms with Gasteiger partial charge in [0.25, 0.3) is 0 Å². The Bertz CT molecular complexity index is 8.00. The van der Waals surface area contributed by atoms with E-state index in [0.717, 1.165) is 6.57 Å². The van der Waals surface area contributed by atoms with Crippen molar-refractivity contribution < 1.29 is 0 Å². The fraction of sp³-hybridized carbons (Fsp3) is 0. The molecule has 0 fully saturated rings. The van der Waals surface area contributed by atoms with Gasteiger partial charge in [-0.05, 0) is 0 Å². The van der Waals surface area contributed by atoms with Crippen molar-refractivity contribution >= 4 is 36.3 Å². The van der Waals surface area contributed by atoms with Crippen LogP contribution >= 0.6 is 6.57 Å². The molecule has 0 aromatic carbocycles. The Balaban J connectivity index is 2.32. The van der Waals surface area contributed by atoms with Crippen LogP contribution in [0.15, 0.2) is 0 Å². The van der Waals surface area contributed by atoms with Gasteiger partial charge in [-0.15, -0.1) is 0 Å². The van der Waals surface area contributed by atoms with Crippen molar-refractivity contribution in [2.24, 2.45) is 0 Å². The van der Waals surface area contributed by atoms with E-state index < -0.39 is 0 Å². The Morgan fingerprint density at radius 3 is 1.00 bits per heavy atom. The molecule has 26 valence electrons. The molecular weight excluding hydrogens is 115 g/mol. The minimum atomic E-state index is 0.796. The fourth-order valence-electron chi connectivity index (χ4n) is 0. The van der Waals surface area contributed by atoms with Gasteiger partial charge in [0.15, 0.2) is 0 Å². The van der Waals surface area contributed by atoms with Crippen molar-refractivity contribution in [1.29, 1.82) is 0 Å². The highest BCUT2D eigenvalue weighted by molar-refractivity contribution is 8.17. The molecule has 0 heterocycles. The number of hydrogen-bond donors (Lipinski definition) is 0. The van der Waals surface area contributed by atoms with Crippen LogP contribution in [0.3, 0.4) is 0 Å². The molecule has 0 atom stereocenters. The maximum atomic E-state index is 1.54. The molecule has 0 amide bonds. The standard InChI is InChI=1S/H9PSi3/c2-1(3)4/h2-4H3. The average Bonchev–Trinajstić information content (AvgIpc) is 0.811. The molecule has 4 heteroatoms. The summed E-state index contributed by atoms with van der Waals surface area (Å²) in [4.78, 5) is 0. The largest absolute Gasteiger partial charge is 0.168 e. The molecule has 0 aromatic rings. The lowest BCUT2D eigenvalue weighted by atomic mass is 27.3. The summed E-state index contributed by atoms with van der Waals surface area (Å²) in [6, 6.07) is 0. The van der Waals surface area contributed by atoms with Gasteiger partial charge in [0.05, 0.1) is 0 Å². The zero-order chi connectivity index (χ0) is 3.58. The van der Waals surface area contributed by atoms with Crippen LogP contribution < -0.4 is 0 Å². The van der Waals surface area contributed by atoms with Crippen molar-refractivity contribution in [3.63, 3.8) is 0 Å². The van der Waals surface area contributed by atoms with Crippen molar-refractivity contribution in [1.82, 2.24) is 0 Å². The van der Waals surface area contributed by atoms with Crippen molar-refractivity contribution in [3.05, 3.63) is 0 Å². The summed E-state index contributed by atoms with van der Waals surface area (Å²) < 4.78 is 0. The molecule has 4 heavy (non-hydrogen) atoms. The first-order chi connectivity index (χ1) is 1.73. The summed E-state index contributed by atoms with van der Waals surface area (Å²) in [5.41, 5.74) is 0. The molecule has 0 aliphatic heterocycles. The third-order valence-corrected chi connectivity index (χ3v) is 0. The van der Waals surface area contributed by atoms with Crippen LogP contribution in [-0.4, -0.2) is 29.7 Å². The Hall–Kier alpha value is 1.08. The first kappa shape index (κ1) is 5.08. The molecule has 0 aliphatic rings. The van der Waals surface area contributed by atoms with E-state index >= 15 is 0 Å². The molecule has 0 aromatic heterocycles. The van der Waals surface area contributed by atoms with Gasteiger partial charge >= 0.3 is 0 Å².